The van der Waals surface area contributed by atoms with Crippen molar-refractivity contribution in [3.63, 3.8) is 0 Å². The van der Waals surface area contributed by atoms with Gasteiger partial charge in [0.2, 0.25) is 10.0 Å². The van der Waals surface area contributed by atoms with E-state index in [1.54, 1.807) is 12.1 Å². The zero-order valence-corrected chi connectivity index (χ0v) is 27.7. The Bertz CT molecular complexity index is 1810. The molecule has 2 aliphatic rings. The Morgan fingerprint density at radius 3 is 2.30 bits per heavy atom. The van der Waals surface area contributed by atoms with E-state index in [1.807, 2.05) is 22.8 Å². The third-order valence-electron chi connectivity index (χ3n) is 8.45. The average molecular weight is 665 g/mol. The maximum atomic E-state index is 13.2. The molecule has 4 aromatic rings. The summed E-state index contributed by atoms with van der Waals surface area (Å²) in [6.45, 7) is 8.62. The van der Waals surface area contributed by atoms with E-state index in [1.165, 1.54) is 34.8 Å². The van der Waals surface area contributed by atoms with Crippen LogP contribution in [0.4, 0.5) is 26.4 Å². The molecule has 2 aromatic carbocycles. The lowest BCUT2D eigenvalue weighted by molar-refractivity contribution is -0.0201. The van der Waals surface area contributed by atoms with Crippen LogP contribution >= 0.6 is 0 Å². The standard InChI is InChI=1S/C33H41FN8O4S/c1-4-5-29-22-40(19-23(2)46-29)32-30-18-24(20-39-14-16-41(17-15-39)47(3,44)45)21-42(30)38-31(37-32)25-6-10-27(11-7-25)35-33(43)36-28-12-8-26(34)9-13-28/h6-13,18,21,23,29H,4-5,14-17,19-20,22H2,1-3H3,(H2,35,36,43). The molecule has 47 heavy (non-hydrogen) atoms. The minimum atomic E-state index is -3.19. The largest absolute Gasteiger partial charge is 0.372 e. The Morgan fingerprint density at radius 1 is 1.00 bits per heavy atom. The smallest absolute Gasteiger partial charge is 0.323 e. The summed E-state index contributed by atoms with van der Waals surface area (Å²) in [5.74, 6) is 1.00. The lowest BCUT2D eigenvalue weighted by atomic mass is 10.1. The maximum absolute atomic E-state index is 13.2. The summed E-state index contributed by atoms with van der Waals surface area (Å²) in [6, 6.07) is 14.6. The van der Waals surface area contributed by atoms with Crippen molar-refractivity contribution in [2.24, 2.45) is 0 Å². The fourth-order valence-corrected chi connectivity index (χ4v) is 7.01. The number of piperazine rings is 1. The van der Waals surface area contributed by atoms with Crippen molar-refractivity contribution < 1.29 is 22.3 Å². The number of rotatable bonds is 9. The number of benzene rings is 2. The second kappa shape index (κ2) is 13.9. The van der Waals surface area contributed by atoms with Crippen molar-refractivity contribution in [1.82, 2.24) is 23.8 Å². The molecule has 2 fully saturated rings. The monoisotopic (exact) mass is 664 g/mol. The van der Waals surface area contributed by atoms with E-state index in [4.69, 9.17) is 14.8 Å². The van der Waals surface area contributed by atoms with Gasteiger partial charge in [-0.3, -0.25) is 4.90 Å². The van der Waals surface area contributed by atoms with Gasteiger partial charge >= 0.3 is 6.03 Å². The van der Waals surface area contributed by atoms with Crippen LogP contribution in [-0.2, 0) is 21.3 Å². The number of sulfonamides is 1. The number of halogens is 1. The van der Waals surface area contributed by atoms with Gasteiger partial charge in [-0.05, 0) is 73.5 Å². The number of carbonyl (C=O) groups is 1. The number of urea groups is 1. The highest BCUT2D eigenvalue weighted by Crippen LogP contribution is 2.29. The van der Waals surface area contributed by atoms with E-state index in [2.05, 4.69) is 40.3 Å². The first-order valence-electron chi connectivity index (χ1n) is 16.0. The van der Waals surface area contributed by atoms with Crippen LogP contribution in [0.1, 0.15) is 32.3 Å². The predicted molar refractivity (Wildman–Crippen MR) is 181 cm³/mol. The van der Waals surface area contributed by atoms with Crippen molar-refractivity contribution in [1.29, 1.82) is 0 Å². The highest BCUT2D eigenvalue weighted by molar-refractivity contribution is 7.88. The van der Waals surface area contributed by atoms with Gasteiger partial charge in [0.1, 0.15) is 11.3 Å². The first-order valence-corrected chi connectivity index (χ1v) is 17.8. The lowest BCUT2D eigenvalue weighted by Gasteiger charge is -2.37. The van der Waals surface area contributed by atoms with Crippen molar-refractivity contribution in [2.45, 2.75) is 45.4 Å². The SMILES string of the molecule is CCCC1CN(c2nc(-c3ccc(NC(=O)Nc4ccc(F)cc4)cc3)nn3cc(CN4CCN(S(C)(=O)=O)CC4)cc23)CC(C)O1. The van der Waals surface area contributed by atoms with Gasteiger partial charge in [-0.25, -0.2) is 27.1 Å². The molecule has 250 valence electrons. The third kappa shape index (κ3) is 8.07. The zero-order chi connectivity index (χ0) is 33.1. The van der Waals surface area contributed by atoms with E-state index in [9.17, 15) is 17.6 Å². The van der Waals surface area contributed by atoms with E-state index in [0.29, 0.717) is 56.5 Å². The fourth-order valence-electron chi connectivity index (χ4n) is 6.19. The van der Waals surface area contributed by atoms with Gasteiger partial charge in [0, 0.05) is 68.9 Å². The zero-order valence-electron chi connectivity index (χ0n) is 26.9. The van der Waals surface area contributed by atoms with Gasteiger partial charge in [-0.15, -0.1) is 5.10 Å². The molecule has 6 rings (SSSR count). The number of hydrogen-bond donors (Lipinski definition) is 2. The molecule has 12 nitrogen and oxygen atoms in total. The Labute approximate surface area is 274 Å². The molecule has 2 unspecified atom stereocenters. The Balaban J connectivity index is 1.25. The number of morpholine rings is 1. The molecule has 2 atom stereocenters. The van der Waals surface area contributed by atoms with Crippen LogP contribution in [-0.4, -0.2) is 96.0 Å². The number of hydrogen-bond acceptors (Lipinski definition) is 8. The van der Waals surface area contributed by atoms with Crippen LogP contribution in [0.25, 0.3) is 16.9 Å². The molecule has 2 aromatic heterocycles. The predicted octanol–water partition coefficient (Wildman–Crippen LogP) is 4.65. The minimum Gasteiger partial charge on any atom is -0.372 e. The summed E-state index contributed by atoms with van der Waals surface area (Å²) in [4.78, 5) is 22.1. The van der Waals surface area contributed by atoms with Crippen LogP contribution in [0.15, 0.2) is 60.8 Å². The van der Waals surface area contributed by atoms with Crippen molar-refractivity contribution in [2.75, 3.05) is 61.1 Å². The van der Waals surface area contributed by atoms with Gasteiger partial charge in [0.05, 0.1) is 18.5 Å². The topological polar surface area (TPSA) is 124 Å². The van der Waals surface area contributed by atoms with Gasteiger partial charge in [-0.2, -0.15) is 4.31 Å². The van der Waals surface area contributed by atoms with E-state index >= 15 is 0 Å². The van der Waals surface area contributed by atoms with E-state index in [-0.39, 0.29) is 18.0 Å². The number of aromatic nitrogens is 3. The average Bonchev–Trinajstić information content (AvgIpc) is 3.44. The third-order valence-corrected chi connectivity index (χ3v) is 9.75. The molecule has 2 aliphatic heterocycles. The summed E-state index contributed by atoms with van der Waals surface area (Å²) in [5.41, 5.74) is 3.83. The lowest BCUT2D eigenvalue weighted by Crippen LogP contribution is -2.47. The molecular weight excluding hydrogens is 623 g/mol. The fraction of sp³-hybridized carbons (Fsp3) is 0.424. The number of ether oxygens (including phenoxy) is 1. The number of nitrogens with one attached hydrogen (secondary N) is 2. The summed E-state index contributed by atoms with van der Waals surface area (Å²) in [7, 11) is -3.19. The minimum absolute atomic E-state index is 0.0470. The molecule has 0 spiro atoms. The second-order valence-electron chi connectivity index (χ2n) is 12.3. The van der Waals surface area contributed by atoms with Gasteiger partial charge < -0.3 is 20.3 Å². The van der Waals surface area contributed by atoms with Crippen LogP contribution in [0.2, 0.25) is 0 Å². The molecule has 2 amide bonds. The van der Waals surface area contributed by atoms with E-state index < -0.39 is 16.1 Å². The number of carbonyl (C=O) groups excluding carboxylic acids is 1. The Morgan fingerprint density at radius 2 is 1.66 bits per heavy atom. The maximum Gasteiger partial charge on any atom is 0.323 e. The first-order chi connectivity index (χ1) is 22.5. The number of anilines is 3. The second-order valence-corrected chi connectivity index (χ2v) is 14.3. The van der Waals surface area contributed by atoms with Gasteiger partial charge in [-0.1, -0.05) is 13.3 Å². The molecule has 0 radical (unpaired) electrons. The van der Waals surface area contributed by atoms with Gasteiger partial charge in [0.25, 0.3) is 0 Å². The molecule has 14 heteroatoms. The molecule has 4 heterocycles. The van der Waals surface area contributed by atoms with E-state index in [0.717, 1.165) is 41.8 Å². The van der Waals surface area contributed by atoms with Gasteiger partial charge in [0.15, 0.2) is 11.6 Å². The molecular formula is C33H41FN8O4S. The molecule has 0 saturated carbocycles. The highest BCUT2D eigenvalue weighted by Gasteiger charge is 2.29. The van der Waals surface area contributed by atoms with Crippen molar-refractivity contribution >= 4 is 38.8 Å². The summed E-state index contributed by atoms with van der Waals surface area (Å²) in [6.07, 6.45) is 5.43. The Kier molecular flexibility index (Phi) is 9.73. The molecule has 0 aliphatic carbocycles. The number of amides is 2. The molecule has 2 N–H and O–H groups in total. The van der Waals surface area contributed by atoms with Crippen LogP contribution < -0.4 is 15.5 Å². The summed E-state index contributed by atoms with van der Waals surface area (Å²) in [5, 5.41) is 10.4. The van der Waals surface area contributed by atoms with Crippen LogP contribution in [0, 0.1) is 5.82 Å². The normalized spacial score (nSPS) is 19.6. The summed E-state index contributed by atoms with van der Waals surface area (Å²) >= 11 is 0. The highest BCUT2D eigenvalue weighted by atomic mass is 32.2. The van der Waals surface area contributed by atoms with Crippen molar-refractivity contribution in [3.05, 3.63) is 72.2 Å². The summed E-state index contributed by atoms with van der Waals surface area (Å²) < 4.78 is 46.8. The molecule has 2 saturated heterocycles. The van der Waals surface area contributed by atoms with Crippen LogP contribution in [0.5, 0.6) is 0 Å². The number of nitrogens with zero attached hydrogens (tertiary/aromatic N) is 6. The molecule has 0 bridgehead atoms. The Hall–Kier alpha value is -4.11. The first kappa shape index (κ1) is 32.8. The van der Waals surface area contributed by atoms with Crippen LogP contribution in [0.3, 0.4) is 0 Å². The van der Waals surface area contributed by atoms with Crippen molar-refractivity contribution in [3.8, 4) is 11.4 Å². The number of fused-ring (bicyclic) bond motifs is 1. The quantitative estimate of drug-likeness (QED) is 0.265.